The molecule has 0 saturated heterocycles. The van der Waals surface area contributed by atoms with Crippen LogP contribution in [0, 0.1) is 0 Å². The van der Waals surface area contributed by atoms with Gasteiger partial charge in [-0.1, -0.05) is 0 Å². The van der Waals surface area contributed by atoms with E-state index in [4.69, 9.17) is 10.5 Å². The Bertz CT molecular complexity index is 192. The molecule has 0 unspecified atom stereocenters. The summed E-state index contributed by atoms with van der Waals surface area (Å²) in [6.45, 7) is 5.40. The van der Waals surface area contributed by atoms with Crippen LogP contribution >= 0.6 is 0 Å². The van der Waals surface area contributed by atoms with Crippen molar-refractivity contribution in [2.75, 3.05) is 7.05 Å². The minimum Gasteiger partial charge on any atom is -0.455 e. The Morgan fingerprint density at radius 2 is 2.00 bits per heavy atom. The summed E-state index contributed by atoms with van der Waals surface area (Å²) in [7, 11) is 1.61. The molecular formula is C8H16N2O2. The second-order valence-electron chi connectivity index (χ2n) is 3.33. The molecule has 0 atom stereocenters. The predicted octanol–water partition coefficient (Wildman–Crippen LogP) is 0.348. The molecule has 0 aliphatic heterocycles. The minimum absolute atomic E-state index is 0.268. The van der Waals surface area contributed by atoms with Gasteiger partial charge >= 0.3 is 5.97 Å². The molecule has 0 aromatic carbocycles. The van der Waals surface area contributed by atoms with Gasteiger partial charge in [0.25, 0.3) is 0 Å². The van der Waals surface area contributed by atoms with Crippen LogP contribution in [0.25, 0.3) is 0 Å². The Kier molecular flexibility index (Phi) is 3.60. The summed E-state index contributed by atoms with van der Waals surface area (Å²) in [5.74, 6) is -0.438. The van der Waals surface area contributed by atoms with E-state index in [0.29, 0.717) is 0 Å². The molecule has 12 heavy (non-hydrogen) atoms. The van der Waals surface area contributed by atoms with Crippen LogP contribution in [0.3, 0.4) is 0 Å². The molecule has 0 radical (unpaired) electrons. The lowest BCUT2D eigenvalue weighted by Gasteiger charge is -2.20. The molecule has 4 heteroatoms. The monoisotopic (exact) mass is 172 g/mol. The molecular weight excluding hydrogens is 156 g/mol. The lowest BCUT2D eigenvalue weighted by molar-refractivity contribution is -0.150. The van der Waals surface area contributed by atoms with Crippen molar-refractivity contribution in [1.82, 2.24) is 5.32 Å². The Balaban J connectivity index is 4.23. The number of rotatable bonds is 2. The van der Waals surface area contributed by atoms with Gasteiger partial charge in [0.1, 0.15) is 11.3 Å². The van der Waals surface area contributed by atoms with Crippen molar-refractivity contribution in [3.63, 3.8) is 0 Å². The summed E-state index contributed by atoms with van der Waals surface area (Å²) in [6.07, 6.45) is 1.19. The van der Waals surface area contributed by atoms with Crippen LogP contribution < -0.4 is 11.1 Å². The number of hydrogen-bond donors (Lipinski definition) is 2. The van der Waals surface area contributed by atoms with E-state index in [1.807, 2.05) is 0 Å². The van der Waals surface area contributed by atoms with Crippen molar-refractivity contribution in [2.24, 2.45) is 5.73 Å². The third-order valence-corrected chi connectivity index (χ3v) is 1.05. The molecule has 3 N–H and O–H groups in total. The van der Waals surface area contributed by atoms with Crippen molar-refractivity contribution in [3.05, 3.63) is 11.9 Å². The van der Waals surface area contributed by atoms with Gasteiger partial charge in [-0.3, -0.25) is 0 Å². The largest absolute Gasteiger partial charge is 0.455 e. The molecule has 0 aliphatic rings. The van der Waals surface area contributed by atoms with Gasteiger partial charge in [-0.05, 0) is 20.8 Å². The number of nitrogens with one attached hydrogen (secondary N) is 1. The van der Waals surface area contributed by atoms with Crippen molar-refractivity contribution >= 4 is 5.97 Å². The van der Waals surface area contributed by atoms with Gasteiger partial charge in [0.05, 0.1) is 0 Å². The van der Waals surface area contributed by atoms with E-state index < -0.39 is 11.6 Å². The molecule has 0 amide bonds. The highest BCUT2D eigenvalue weighted by atomic mass is 16.6. The first-order valence-electron chi connectivity index (χ1n) is 3.73. The molecule has 0 heterocycles. The second kappa shape index (κ2) is 3.99. The third kappa shape index (κ3) is 3.85. The first-order valence-corrected chi connectivity index (χ1v) is 3.73. The van der Waals surface area contributed by atoms with Gasteiger partial charge in [0, 0.05) is 13.2 Å². The molecule has 0 aliphatic carbocycles. The maximum Gasteiger partial charge on any atom is 0.356 e. The lowest BCUT2D eigenvalue weighted by Crippen LogP contribution is -2.29. The van der Waals surface area contributed by atoms with Crippen LogP contribution in [0.15, 0.2) is 11.9 Å². The summed E-state index contributed by atoms with van der Waals surface area (Å²) < 4.78 is 5.03. The topological polar surface area (TPSA) is 64.3 Å². The summed E-state index contributed by atoms with van der Waals surface area (Å²) in [6, 6.07) is 0. The van der Waals surface area contributed by atoms with Crippen LogP contribution in [0.1, 0.15) is 20.8 Å². The highest BCUT2D eigenvalue weighted by Gasteiger charge is 2.18. The number of carbonyl (C=O) groups is 1. The number of carbonyl (C=O) groups excluding carboxylic acids is 1. The molecule has 4 nitrogen and oxygen atoms in total. The number of likely N-dealkylation sites (N-methyl/N-ethyl adjacent to an activating group) is 1. The number of esters is 1. The molecule has 0 fully saturated rings. The van der Waals surface area contributed by atoms with Gasteiger partial charge in [-0.2, -0.15) is 0 Å². The highest BCUT2D eigenvalue weighted by Crippen LogP contribution is 2.08. The average molecular weight is 172 g/mol. The smallest absolute Gasteiger partial charge is 0.356 e. The molecule has 0 rings (SSSR count). The number of hydrogen-bond acceptors (Lipinski definition) is 4. The van der Waals surface area contributed by atoms with Crippen LogP contribution in [-0.2, 0) is 9.53 Å². The fourth-order valence-electron chi connectivity index (χ4n) is 0.587. The average Bonchev–Trinajstić information content (AvgIpc) is 1.85. The summed E-state index contributed by atoms with van der Waals surface area (Å²) in [5, 5.41) is 2.64. The Hall–Kier alpha value is -1.19. The fourth-order valence-corrected chi connectivity index (χ4v) is 0.587. The van der Waals surface area contributed by atoms with Crippen LogP contribution in [0.2, 0.25) is 0 Å². The highest BCUT2D eigenvalue weighted by molar-refractivity contribution is 5.87. The van der Waals surface area contributed by atoms with Gasteiger partial charge in [-0.25, -0.2) is 4.79 Å². The summed E-state index contributed by atoms with van der Waals surface area (Å²) >= 11 is 0. The zero-order chi connectivity index (χ0) is 9.78. The van der Waals surface area contributed by atoms with E-state index in [9.17, 15) is 4.79 Å². The van der Waals surface area contributed by atoms with Gasteiger partial charge < -0.3 is 15.8 Å². The number of ether oxygens (including phenoxy) is 1. The molecule has 0 aromatic heterocycles. The normalized spacial score (nSPS) is 12.5. The van der Waals surface area contributed by atoms with Gasteiger partial charge in [-0.15, -0.1) is 0 Å². The zero-order valence-electron chi connectivity index (χ0n) is 7.97. The van der Waals surface area contributed by atoms with Crippen LogP contribution in [0.4, 0.5) is 0 Å². The molecule has 0 bridgehead atoms. The predicted molar refractivity (Wildman–Crippen MR) is 47.2 cm³/mol. The Morgan fingerprint density at radius 3 is 2.25 bits per heavy atom. The molecule has 70 valence electrons. The standard InChI is InChI=1S/C8H16N2O2/c1-8(2,3)12-7(11)6(5-9)10-4/h5,10H,9H2,1-4H3/b6-5-. The van der Waals surface area contributed by atoms with Gasteiger partial charge in [0.2, 0.25) is 0 Å². The molecule has 0 saturated carbocycles. The van der Waals surface area contributed by atoms with E-state index in [2.05, 4.69) is 5.32 Å². The first-order chi connectivity index (χ1) is 5.40. The Labute approximate surface area is 72.8 Å². The van der Waals surface area contributed by atoms with Crippen LogP contribution in [0.5, 0.6) is 0 Å². The van der Waals surface area contributed by atoms with Crippen molar-refractivity contribution < 1.29 is 9.53 Å². The molecule has 0 aromatic rings. The second-order valence-corrected chi connectivity index (χ2v) is 3.33. The summed E-state index contributed by atoms with van der Waals surface area (Å²) in [4.78, 5) is 11.2. The van der Waals surface area contributed by atoms with E-state index in [1.165, 1.54) is 6.20 Å². The van der Waals surface area contributed by atoms with Crippen molar-refractivity contribution in [2.45, 2.75) is 26.4 Å². The SMILES string of the molecule is CN/C(=C\N)C(=O)OC(C)(C)C. The lowest BCUT2D eigenvalue weighted by atomic mass is 10.2. The van der Waals surface area contributed by atoms with Crippen molar-refractivity contribution in [1.29, 1.82) is 0 Å². The van der Waals surface area contributed by atoms with Gasteiger partial charge in [0.15, 0.2) is 0 Å². The Morgan fingerprint density at radius 1 is 1.50 bits per heavy atom. The minimum atomic E-state index is -0.484. The third-order valence-electron chi connectivity index (χ3n) is 1.05. The maximum absolute atomic E-state index is 11.2. The van der Waals surface area contributed by atoms with E-state index in [-0.39, 0.29) is 5.70 Å². The van der Waals surface area contributed by atoms with Crippen molar-refractivity contribution in [3.8, 4) is 0 Å². The fraction of sp³-hybridized carbons (Fsp3) is 0.625. The first kappa shape index (κ1) is 10.8. The summed E-state index contributed by atoms with van der Waals surface area (Å²) in [5.41, 5.74) is 4.96. The molecule has 0 spiro atoms. The zero-order valence-corrected chi connectivity index (χ0v) is 7.97. The maximum atomic E-state index is 11.2. The van der Waals surface area contributed by atoms with E-state index in [1.54, 1.807) is 27.8 Å². The quantitative estimate of drug-likeness (QED) is 0.466. The van der Waals surface area contributed by atoms with Crippen LogP contribution in [-0.4, -0.2) is 18.6 Å². The number of nitrogens with two attached hydrogens (primary N) is 1. The van der Waals surface area contributed by atoms with E-state index >= 15 is 0 Å². The van der Waals surface area contributed by atoms with E-state index in [0.717, 1.165) is 0 Å².